The predicted molar refractivity (Wildman–Crippen MR) is 91.9 cm³/mol. The largest absolute Gasteiger partial charge is 0.310 e. The van der Waals surface area contributed by atoms with Crippen LogP contribution in [0.15, 0.2) is 36.5 Å². The Morgan fingerprint density at radius 2 is 1.90 bits per heavy atom. The van der Waals surface area contributed by atoms with Crippen molar-refractivity contribution in [2.24, 2.45) is 0 Å². The molecule has 4 heteroatoms. The zero-order valence-corrected chi connectivity index (χ0v) is 14.5. The van der Waals surface area contributed by atoms with Crippen molar-refractivity contribution in [3.05, 3.63) is 51.4 Å². The minimum atomic E-state index is 0.326. The predicted octanol–water partition coefficient (Wildman–Crippen LogP) is 3.96. The first-order valence-electron chi connectivity index (χ1n) is 7.13. The van der Waals surface area contributed by atoms with E-state index in [2.05, 4.69) is 90.3 Å². The van der Waals surface area contributed by atoms with Crippen molar-refractivity contribution in [2.75, 3.05) is 6.54 Å². The second kappa shape index (κ2) is 7.22. The Morgan fingerprint density at radius 3 is 2.45 bits per heavy atom. The molecule has 1 aromatic heterocycles. The molecule has 0 saturated heterocycles. The van der Waals surface area contributed by atoms with Gasteiger partial charge in [-0.3, -0.25) is 4.68 Å². The summed E-state index contributed by atoms with van der Waals surface area (Å²) in [5, 5.41) is 8.20. The Balaban J connectivity index is 2.14. The summed E-state index contributed by atoms with van der Waals surface area (Å²) in [6, 6.07) is 11.6. The summed E-state index contributed by atoms with van der Waals surface area (Å²) in [4.78, 5) is 0. The van der Waals surface area contributed by atoms with E-state index in [4.69, 9.17) is 0 Å². The van der Waals surface area contributed by atoms with Crippen LogP contribution in [0.2, 0.25) is 0 Å². The van der Waals surface area contributed by atoms with E-state index in [0.29, 0.717) is 12.1 Å². The molecule has 0 fully saturated rings. The summed E-state index contributed by atoms with van der Waals surface area (Å²) in [5.74, 6) is 0. The maximum Gasteiger partial charge on any atom is 0.0643 e. The molecule has 108 valence electrons. The molecule has 0 aliphatic rings. The van der Waals surface area contributed by atoms with E-state index >= 15 is 0 Å². The van der Waals surface area contributed by atoms with Gasteiger partial charge in [-0.25, -0.2) is 0 Å². The Hall–Kier alpha value is -0.880. The van der Waals surface area contributed by atoms with Crippen LogP contribution >= 0.6 is 22.6 Å². The van der Waals surface area contributed by atoms with Crippen LogP contribution in [0.25, 0.3) is 0 Å². The quantitative estimate of drug-likeness (QED) is 0.766. The zero-order chi connectivity index (χ0) is 14.5. The van der Waals surface area contributed by atoms with Gasteiger partial charge in [-0.2, -0.15) is 5.10 Å². The number of halogens is 1. The van der Waals surface area contributed by atoms with E-state index in [0.717, 1.165) is 18.7 Å². The lowest BCUT2D eigenvalue weighted by Crippen LogP contribution is -2.23. The third kappa shape index (κ3) is 4.06. The van der Waals surface area contributed by atoms with E-state index in [-0.39, 0.29) is 0 Å². The normalized spacial score (nSPS) is 12.8. The van der Waals surface area contributed by atoms with Gasteiger partial charge in [0.2, 0.25) is 0 Å². The maximum atomic E-state index is 4.65. The van der Waals surface area contributed by atoms with Crippen molar-refractivity contribution in [3.8, 4) is 0 Å². The summed E-state index contributed by atoms with van der Waals surface area (Å²) < 4.78 is 3.29. The lowest BCUT2D eigenvalue weighted by molar-refractivity contribution is 0.506. The van der Waals surface area contributed by atoms with Crippen molar-refractivity contribution >= 4 is 22.6 Å². The first-order valence-corrected chi connectivity index (χ1v) is 8.21. The average molecular weight is 383 g/mol. The number of likely N-dealkylation sites (N-methyl/N-ethyl adjacent to an activating group) is 1. The highest BCUT2D eigenvalue weighted by atomic mass is 127. The van der Waals surface area contributed by atoms with Gasteiger partial charge >= 0.3 is 0 Å². The van der Waals surface area contributed by atoms with Gasteiger partial charge in [0, 0.05) is 28.3 Å². The lowest BCUT2D eigenvalue weighted by atomic mass is 10.0. The molecule has 0 saturated carbocycles. The molecule has 0 spiro atoms. The van der Waals surface area contributed by atoms with Crippen LogP contribution in [0.4, 0.5) is 0 Å². The van der Waals surface area contributed by atoms with Crippen LogP contribution in [0, 0.1) is 3.57 Å². The Morgan fingerprint density at radius 1 is 1.20 bits per heavy atom. The lowest BCUT2D eigenvalue weighted by Gasteiger charge is -2.17. The molecule has 0 amide bonds. The highest BCUT2D eigenvalue weighted by molar-refractivity contribution is 14.1. The van der Waals surface area contributed by atoms with Gasteiger partial charge in [-0.15, -0.1) is 0 Å². The number of hydrogen-bond acceptors (Lipinski definition) is 2. The van der Waals surface area contributed by atoms with Crippen molar-refractivity contribution in [2.45, 2.75) is 39.3 Å². The van der Waals surface area contributed by atoms with Gasteiger partial charge in [0.15, 0.2) is 0 Å². The van der Waals surface area contributed by atoms with Crippen LogP contribution < -0.4 is 5.32 Å². The highest BCUT2D eigenvalue weighted by Gasteiger charge is 2.13. The summed E-state index contributed by atoms with van der Waals surface area (Å²) in [7, 11) is 0. The smallest absolute Gasteiger partial charge is 0.0643 e. The highest BCUT2D eigenvalue weighted by Crippen LogP contribution is 2.19. The van der Waals surface area contributed by atoms with Gasteiger partial charge in [0.05, 0.1) is 5.69 Å². The zero-order valence-electron chi connectivity index (χ0n) is 12.3. The molecule has 1 aromatic carbocycles. The first-order chi connectivity index (χ1) is 9.60. The second-order valence-electron chi connectivity index (χ2n) is 5.25. The molecule has 1 unspecified atom stereocenters. The SMILES string of the molecule is CCNC(Cc1ccn(C(C)C)n1)c1ccc(I)cc1. The molecular formula is C16H22IN3. The van der Waals surface area contributed by atoms with Gasteiger partial charge in [-0.05, 0) is 66.7 Å². The summed E-state index contributed by atoms with van der Waals surface area (Å²) in [6.45, 7) is 7.41. The molecule has 1 N–H and O–H groups in total. The van der Waals surface area contributed by atoms with E-state index in [1.165, 1.54) is 9.13 Å². The number of nitrogens with zero attached hydrogens (tertiary/aromatic N) is 2. The van der Waals surface area contributed by atoms with Gasteiger partial charge in [0.25, 0.3) is 0 Å². The minimum Gasteiger partial charge on any atom is -0.310 e. The molecule has 1 atom stereocenters. The number of hydrogen-bond donors (Lipinski definition) is 1. The summed E-state index contributed by atoms with van der Waals surface area (Å²) in [6.07, 6.45) is 2.99. The number of rotatable bonds is 6. The Kier molecular flexibility index (Phi) is 5.60. The van der Waals surface area contributed by atoms with Crippen LogP contribution in [-0.2, 0) is 6.42 Å². The number of nitrogens with one attached hydrogen (secondary N) is 1. The van der Waals surface area contributed by atoms with E-state index < -0.39 is 0 Å². The van der Waals surface area contributed by atoms with Gasteiger partial charge in [-0.1, -0.05) is 19.1 Å². The Bertz CT molecular complexity index is 531. The fourth-order valence-electron chi connectivity index (χ4n) is 2.23. The van der Waals surface area contributed by atoms with E-state index in [1.807, 2.05) is 4.68 Å². The molecule has 3 nitrogen and oxygen atoms in total. The molecule has 2 aromatic rings. The molecule has 0 bridgehead atoms. The average Bonchev–Trinajstić information content (AvgIpc) is 2.88. The standard InChI is InChI=1S/C16H22IN3/c1-4-18-16(13-5-7-14(17)8-6-13)11-15-9-10-20(19-15)12(2)3/h5-10,12,16,18H,4,11H2,1-3H3. The summed E-state index contributed by atoms with van der Waals surface area (Å²) in [5.41, 5.74) is 2.47. The summed E-state index contributed by atoms with van der Waals surface area (Å²) >= 11 is 2.34. The molecule has 0 aliphatic heterocycles. The first kappa shape index (κ1) is 15.5. The second-order valence-corrected chi connectivity index (χ2v) is 6.49. The van der Waals surface area contributed by atoms with Crippen molar-refractivity contribution in [1.82, 2.24) is 15.1 Å². The number of aromatic nitrogens is 2. The topological polar surface area (TPSA) is 29.9 Å². The van der Waals surface area contributed by atoms with Gasteiger partial charge < -0.3 is 5.32 Å². The fraction of sp³-hybridized carbons (Fsp3) is 0.438. The third-order valence-corrected chi connectivity index (χ3v) is 4.05. The van der Waals surface area contributed by atoms with Gasteiger partial charge in [0.1, 0.15) is 0 Å². The van der Waals surface area contributed by atoms with E-state index in [1.54, 1.807) is 0 Å². The monoisotopic (exact) mass is 383 g/mol. The molecule has 1 heterocycles. The molecule has 0 aliphatic carbocycles. The number of benzene rings is 1. The fourth-order valence-corrected chi connectivity index (χ4v) is 2.59. The molecule has 2 rings (SSSR count). The van der Waals surface area contributed by atoms with Crippen LogP contribution in [-0.4, -0.2) is 16.3 Å². The van der Waals surface area contributed by atoms with Crippen LogP contribution in [0.1, 0.15) is 44.1 Å². The van der Waals surface area contributed by atoms with Crippen molar-refractivity contribution in [1.29, 1.82) is 0 Å². The van der Waals surface area contributed by atoms with Crippen molar-refractivity contribution < 1.29 is 0 Å². The third-order valence-electron chi connectivity index (χ3n) is 3.33. The van der Waals surface area contributed by atoms with Crippen molar-refractivity contribution in [3.63, 3.8) is 0 Å². The molecule has 0 radical (unpaired) electrons. The Labute approximate surface area is 134 Å². The maximum absolute atomic E-state index is 4.65. The molecule has 20 heavy (non-hydrogen) atoms. The van der Waals surface area contributed by atoms with Crippen LogP contribution in [0.3, 0.4) is 0 Å². The van der Waals surface area contributed by atoms with Crippen LogP contribution in [0.5, 0.6) is 0 Å². The van der Waals surface area contributed by atoms with E-state index in [9.17, 15) is 0 Å². The minimum absolute atomic E-state index is 0.326. The molecular weight excluding hydrogens is 361 g/mol.